The lowest BCUT2D eigenvalue weighted by molar-refractivity contribution is -0.214. The topological polar surface area (TPSA) is 12.5 Å². The summed E-state index contributed by atoms with van der Waals surface area (Å²) in [5, 5.41) is 0. The van der Waals surface area contributed by atoms with Crippen LogP contribution in [0.1, 0.15) is 20.3 Å². The number of ether oxygens (including phenoxy) is 1. The van der Waals surface area contributed by atoms with Gasteiger partial charge in [-0.25, -0.2) is 0 Å². The van der Waals surface area contributed by atoms with Crippen molar-refractivity contribution in [3.63, 3.8) is 0 Å². The molecule has 0 aromatic heterocycles. The Labute approximate surface area is 84.0 Å². The van der Waals surface area contributed by atoms with Crippen molar-refractivity contribution in [2.45, 2.75) is 32.5 Å². The van der Waals surface area contributed by atoms with Crippen LogP contribution in [0.2, 0.25) is 0 Å². The zero-order chi connectivity index (χ0) is 11.8. The maximum Gasteiger partial charge on any atom is 0.414 e. The van der Waals surface area contributed by atoms with Crippen molar-refractivity contribution in [3.8, 4) is 0 Å². The molecule has 0 aliphatic rings. The zero-order valence-electron chi connectivity index (χ0n) is 9.48. The third kappa shape index (κ3) is 8.31. The number of methoxy groups -OCH3 is 1. The summed E-state index contributed by atoms with van der Waals surface area (Å²) in [5.74, 6) is 0. The third-order valence-corrected chi connectivity index (χ3v) is 1.49. The molecule has 1 unspecified atom stereocenters. The maximum absolute atomic E-state index is 12.0. The minimum atomic E-state index is -4.25. The second-order valence-corrected chi connectivity index (χ2v) is 2.86. The van der Waals surface area contributed by atoms with Gasteiger partial charge >= 0.3 is 6.18 Å². The van der Waals surface area contributed by atoms with E-state index in [0.29, 0.717) is 6.54 Å². The summed E-state index contributed by atoms with van der Waals surface area (Å²) in [6.45, 7) is 4.37. The highest BCUT2D eigenvalue weighted by Gasteiger charge is 2.39. The Kier molecular flexibility index (Phi) is 9.29. The lowest BCUT2D eigenvalue weighted by Gasteiger charge is -2.20. The van der Waals surface area contributed by atoms with Gasteiger partial charge in [0, 0.05) is 13.7 Å². The molecule has 0 bridgehead atoms. The Morgan fingerprint density at radius 1 is 1.21 bits per heavy atom. The Bertz CT molecular complexity index is 126. The van der Waals surface area contributed by atoms with Crippen molar-refractivity contribution in [2.24, 2.45) is 0 Å². The number of nitrogens with zero attached hydrogens (tertiary/aromatic N) is 1. The van der Waals surface area contributed by atoms with Gasteiger partial charge in [-0.3, -0.25) is 0 Å². The molecule has 0 heterocycles. The Balaban J connectivity index is 0. The van der Waals surface area contributed by atoms with Gasteiger partial charge in [-0.2, -0.15) is 13.2 Å². The summed E-state index contributed by atoms with van der Waals surface area (Å²) in [6, 6.07) is 0. The first-order chi connectivity index (χ1) is 6.38. The SMILES string of the molecule is CC.COC(CCN(C)C)C(F)(F)F. The summed E-state index contributed by atoms with van der Waals surface area (Å²) in [6.07, 6.45) is -5.91. The number of halogens is 3. The van der Waals surface area contributed by atoms with E-state index in [1.807, 2.05) is 13.8 Å². The largest absolute Gasteiger partial charge is 0.414 e. The van der Waals surface area contributed by atoms with E-state index in [1.165, 1.54) is 0 Å². The fourth-order valence-electron chi connectivity index (χ4n) is 0.791. The van der Waals surface area contributed by atoms with Crippen molar-refractivity contribution < 1.29 is 17.9 Å². The van der Waals surface area contributed by atoms with Crippen LogP contribution in [-0.2, 0) is 4.74 Å². The summed E-state index contributed by atoms with van der Waals surface area (Å²) in [4.78, 5) is 1.69. The zero-order valence-corrected chi connectivity index (χ0v) is 9.48. The van der Waals surface area contributed by atoms with Gasteiger partial charge in [-0.1, -0.05) is 13.8 Å². The molecule has 88 valence electrons. The summed E-state index contributed by atoms with van der Waals surface area (Å²) < 4.78 is 40.4. The minimum absolute atomic E-state index is 0.0208. The van der Waals surface area contributed by atoms with Gasteiger partial charge in [0.1, 0.15) is 0 Å². The lowest BCUT2D eigenvalue weighted by atomic mass is 10.2. The number of hydrogen-bond donors (Lipinski definition) is 0. The van der Waals surface area contributed by atoms with Crippen molar-refractivity contribution in [3.05, 3.63) is 0 Å². The van der Waals surface area contributed by atoms with Crippen molar-refractivity contribution >= 4 is 0 Å². The van der Waals surface area contributed by atoms with Gasteiger partial charge in [0.2, 0.25) is 0 Å². The van der Waals surface area contributed by atoms with Crippen molar-refractivity contribution in [1.82, 2.24) is 4.90 Å². The average Bonchev–Trinajstić information content (AvgIpc) is 2.06. The van der Waals surface area contributed by atoms with E-state index in [-0.39, 0.29) is 6.42 Å². The van der Waals surface area contributed by atoms with Crippen LogP contribution in [0.5, 0.6) is 0 Å². The molecule has 2 nitrogen and oxygen atoms in total. The predicted molar refractivity (Wildman–Crippen MR) is 51.4 cm³/mol. The second-order valence-electron chi connectivity index (χ2n) is 2.86. The summed E-state index contributed by atoms with van der Waals surface area (Å²) >= 11 is 0. The molecule has 0 aliphatic heterocycles. The van der Waals surface area contributed by atoms with E-state index < -0.39 is 12.3 Å². The molecule has 0 N–H and O–H groups in total. The fourth-order valence-corrected chi connectivity index (χ4v) is 0.791. The standard InChI is InChI=1S/C7H14F3NO.C2H6/c1-11(2)5-4-6(12-3)7(8,9)10;1-2/h6H,4-5H2,1-3H3;1-2H3. The molecule has 0 saturated carbocycles. The molecule has 0 rings (SSSR count). The molecule has 14 heavy (non-hydrogen) atoms. The highest BCUT2D eigenvalue weighted by atomic mass is 19.4. The highest BCUT2D eigenvalue weighted by Crippen LogP contribution is 2.24. The van der Waals surface area contributed by atoms with Gasteiger partial charge in [0.05, 0.1) is 0 Å². The summed E-state index contributed by atoms with van der Waals surface area (Å²) in [7, 11) is 4.53. The van der Waals surface area contributed by atoms with Crippen LogP contribution in [0.4, 0.5) is 13.2 Å². The normalized spacial score (nSPS) is 13.5. The molecule has 0 spiro atoms. The van der Waals surface area contributed by atoms with E-state index in [4.69, 9.17) is 0 Å². The van der Waals surface area contributed by atoms with E-state index >= 15 is 0 Å². The van der Waals surface area contributed by atoms with Gasteiger partial charge < -0.3 is 9.64 Å². The Morgan fingerprint density at radius 3 is 1.86 bits per heavy atom. The van der Waals surface area contributed by atoms with Gasteiger partial charge in [-0.05, 0) is 20.5 Å². The molecular formula is C9H20F3NO. The fraction of sp³-hybridized carbons (Fsp3) is 1.00. The van der Waals surface area contributed by atoms with Gasteiger partial charge in [0.25, 0.3) is 0 Å². The number of alkyl halides is 3. The molecule has 0 fully saturated rings. The predicted octanol–water partition coefficient (Wildman–Crippen LogP) is 2.54. The molecule has 5 heteroatoms. The van der Waals surface area contributed by atoms with Crippen molar-refractivity contribution in [1.29, 1.82) is 0 Å². The van der Waals surface area contributed by atoms with Crippen LogP contribution in [0.15, 0.2) is 0 Å². The molecule has 0 amide bonds. The highest BCUT2D eigenvalue weighted by molar-refractivity contribution is 4.67. The Hall–Kier alpha value is -0.290. The monoisotopic (exact) mass is 215 g/mol. The average molecular weight is 215 g/mol. The molecule has 0 radical (unpaired) electrons. The van der Waals surface area contributed by atoms with E-state index in [0.717, 1.165) is 7.11 Å². The van der Waals surface area contributed by atoms with E-state index in [2.05, 4.69) is 4.74 Å². The van der Waals surface area contributed by atoms with Crippen LogP contribution >= 0.6 is 0 Å². The summed E-state index contributed by atoms with van der Waals surface area (Å²) in [5.41, 5.74) is 0. The van der Waals surface area contributed by atoms with Crippen LogP contribution in [0, 0.1) is 0 Å². The minimum Gasteiger partial charge on any atom is -0.372 e. The van der Waals surface area contributed by atoms with Gasteiger partial charge in [-0.15, -0.1) is 0 Å². The molecule has 0 saturated heterocycles. The van der Waals surface area contributed by atoms with Gasteiger partial charge in [0.15, 0.2) is 6.10 Å². The molecular weight excluding hydrogens is 195 g/mol. The first-order valence-electron chi connectivity index (χ1n) is 4.62. The number of rotatable bonds is 4. The molecule has 1 atom stereocenters. The first kappa shape index (κ1) is 16.2. The quantitative estimate of drug-likeness (QED) is 0.714. The van der Waals surface area contributed by atoms with Crippen molar-refractivity contribution in [2.75, 3.05) is 27.7 Å². The van der Waals surface area contributed by atoms with Crippen LogP contribution in [0.3, 0.4) is 0 Å². The lowest BCUT2D eigenvalue weighted by Crippen LogP contribution is -2.33. The smallest absolute Gasteiger partial charge is 0.372 e. The van der Waals surface area contributed by atoms with Crippen LogP contribution in [-0.4, -0.2) is 44.9 Å². The third-order valence-electron chi connectivity index (χ3n) is 1.49. The second kappa shape index (κ2) is 8.05. The molecule has 0 aliphatic carbocycles. The van der Waals surface area contributed by atoms with E-state index in [9.17, 15) is 13.2 Å². The molecule has 0 aromatic carbocycles. The molecule has 0 aromatic rings. The maximum atomic E-state index is 12.0. The number of hydrogen-bond acceptors (Lipinski definition) is 2. The van der Waals surface area contributed by atoms with Crippen LogP contribution < -0.4 is 0 Å². The van der Waals surface area contributed by atoms with E-state index in [1.54, 1.807) is 19.0 Å². The first-order valence-corrected chi connectivity index (χ1v) is 4.62. The van der Waals surface area contributed by atoms with Crippen LogP contribution in [0.25, 0.3) is 0 Å². The Morgan fingerprint density at radius 2 is 1.64 bits per heavy atom.